The number of nitrogens with zero attached hydrogens (tertiary/aromatic N) is 2. The largest absolute Gasteiger partial charge is 0.484 e. The molecule has 0 unspecified atom stereocenters. The molecule has 2 aromatic rings. The van der Waals surface area contributed by atoms with E-state index in [4.69, 9.17) is 10.5 Å². The molecule has 3 rings (SSSR count). The van der Waals surface area contributed by atoms with Crippen molar-refractivity contribution < 1.29 is 18.7 Å². The number of nitrogens with two attached hydrogens (primary N) is 1. The molecule has 1 heterocycles. The summed E-state index contributed by atoms with van der Waals surface area (Å²) < 4.78 is 18.3. The van der Waals surface area contributed by atoms with Gasteiger partial charge in [0, 0.05) is 38.3 Å². The van der Waals surface area contributed by atoms with Crippen LogP contribution in [0.1, 0.15) is 12.0 Å². The van der Waals surface area contributed by atoms with Gasteiger partial charge in [-0.05, 0) is 42.3 Å². The molecule has 0 aromatic heterocycles. The monoisotopic (exact) mass is 421 g/mol. The average Bonchev–Trinajstić information content (AvgIpc) is 2.72. The minimum Gasteiger partial charge on any atom is -0.484 e. The molecule has 2 amide bonds. The molecule has 0 aliphatic carbocycles. The van der Waals surface area contributed by atoms with E-state index in [1.165, 1.54) is 24.3 Å². The third-order valence-corrected chi connectivity index (χ3v) is 4.82. The Bertz CT molecular complexity index is 824. The van der Waals surface area contributed by atoms with Crippen molar-refractivity contribution in [3.05, 3.63) is 59.9 Å². The van der Waals surface area contributed by atoms with E-state index in [0.717, 1.165) is 5.56 Å². The number of piperazine rings is 1. The van der Waals surface area contributed by atoms with Crippen molar-refractivity contribution in [3.63, 3.8) is 0 Å². The van der Waals surface area contributed by atoms with Crippen LogP contribution in [-0.4, -0.2) is 54.4 Å². The van der Waals surface area contributed by atoms with E-state index in [1.807, 2.05) is 24.3 Å². The summed E-state index contributed by atoms with van der Waals surface area (Å²) in [4.78, 5) is 28.2. The molecule has 0 bridgehead atoms. The molecule has 0 radical (unpaired) electrons. The summed E-state index contributed by atoms with van der Waals surface area (Å²) in [7, 11) is 0. The SMILES string of the molecule is Cl.Nc1ccccc1CCC(=O)N1CCN(C(=O)COc2ccc(F)cc2)CC1. The highest BCUT2D eigenvalue weighted by atomic mass is 35.5. The molecule has 1 fully saturated rings. The van der Waals surface area contributed by atoms with Gasteiger partial charge in [0.05, 0.1) is 0 Å². The highest BCUT2D eigenvalue weighted by Gasteiger charge is 2.24. The Balaban J connectivity index is 0.00000300. The van der Waals surface area contributed by atoms with Crippen LogP contribution in [0.2, 0.25) is 0 Å². The lowest BCUT2D eigenvalue weighted by atomic mass is 10.1. The number of hydrogen-bond acceptors (Lipinski definition) is 4. The van der Waals surface area contributed by atoms with Crippen molar-refractivity contribution in [3.8, 4) is 5.75 Å². The first-order valence-corrected chi connectivity index (χ1v) is 9.30. The Hall–Kier alpha value is -2.80. The highest BCUT2D eigenvalue weighted by molar-refractivity contribution is 5.85. The maximum absolute atomic E-state index is 12.9. The van der Waals surface area contributed by atoms with E-state index in [-0.39, 0.29) is 36.6 Å². The Labute approximate surface area is 175 Å². The highest BCUT2D eigenvalue weighted by Crippen LogP contribution is 2.15. The van der Waals surface area contributed by atoms with Crippen LogP contribution in [0.3, 0.4) is 0 Å². The van der Waals surface area contributed by atoms with Crippen LogP contribution in [0.15, 0.2) is 48.5 Å². The van der Waals surface area contributed by atoms with Gasteiger partial charge in [-0.25, -0.2) is 4.39 Å². The summed E-state index contributed by atoms with van der Waals surface area (Å²) in [5, 5.41) is 0. The predicted octanol–water partition coefficient (Wildman–Crippen LogP) is 2.51. The first-order valence-electron chi connectivity index (χ1n) is 9.30. The Morgan fingerprint density at radius 1 is 0.931 bits per heavy atom. The van der Waals surface area contributed by atoms with Gasteiger partial charge in [0.15, 0.2) is 6.61 Å². The smallest absolute Gasteiger partial charge is 0.260 e. The topological polar surface area (TPSA) is 75.9 Å². The van der Waals surface area contributed by atoms with Gasteiger partial charge in [-0.2, -0.15) is 0 Å². The molecule has 8 heteroatoms. The quantitative estimate of drug-likeness (QED) is 0.727. The van der Waals surface area contributed by atoms with Crippen molar-refractivity contribution in [2.45, 2.75) is 12.8 Å². The number of carbonyl (C=O) groups excluding carboxylic acids is 2. The zero-order chi connectivity index (χ0) is 19.9. The summed E-state index contributed by atoms with van der Waals surface area (Å²) in [5.74, 6) is 0.0181. The van der Waals surface area contributed by atoms with Crippen LogP contribution in [0.5, 0.6) is 5.75 Å². The fourth-order valence-corrected chi connectivity index (χ4v) is 3.13. The summed E-state index contributed by atoms with van der Waals surface area (Å²) in [6, 6.07) is 13.1. The van der Waals surface area contributed by atoms with Gasteiger partial charge >= 0.3 is 0 Å². The van der Waals surface area contributed by atoms with Gasteiger partial charge in [0.1, 0.15) is 11.6 Å². The zero-order valence-electron chi connectivity index (χ0n) is 16.1. The average molecular weight is 422 g/mol. The molecule has 0 spiro atoms. The van der Waals surface area contributed by atoms with Gasteiger partial charge in [0.25, 0.3) is 5.91 Å². The van der Waals surface area contributed by atoms with Gasteiger partial charge in [0.2, 0.25) is 5.91 Å². The Kier molecular flexibility index (Phi) is 8.27. The van der Waals surface area contributed by atoms with Crippen molar-refractivity contribution in [1.29, 1.82) is 0 Å². The molecule has 6 nitrogen and oxygen atoms in total. The number of aryl methyl sites for hydroxylation is 1. The molecule has 0 atom stereocenters. The molecule has 1 aliphatic rings. The van der Waals surface area contributed by atoms with Crippen LogP contribution in [0.25, 0.3) is 0 Å². The van der Waals surface area contributed by atoms with Crippen molar-refractivity contribution in [2.75, 3.05) is 38.5 Å². The number of hydrogen-bond donors (Lipinski definition) is 1. The fraction of sp³-hybridized carbons (Fsp3) is 0.333. The first kappa shape index (κ1) is 22.5. The lowest BCUT2D eigenvalue weighted by Gasteiger charge is -2.34. The van der Waals surface area contributed by atoms with Crippen LogP contribution >= 0.6 is 12.4 Å². The van der Waals surface area contributed by atoms with Crippen LogP contribution < -0.4 is 10.5 Å². The molecular formula is C21H25ClFN3O3. The van der Waals surface area contributed by atoms with E-state index in [1.54, 1.807) is 9.80 Å². The van der Waals surface area contributed by atoms with Crippen molar-refractivity contribution >= 4 is 29.9 Å². The van der Waals surface area contributed by atoms with Crippen LogP contribution in [0, 0.1) is 5.82 Å². The second kappa shape index (κ2) is 10.7. The molecule has 0 saturated carbocycles. The molecule has 2 N–H and O–H groups in total. The number of nitrogen functional groups attached to an aromatic ring is 1. The summed E-state index contributed by atoms with van der Waals surface area (Å²) in [5.41, 5.74) is 7.59. The summed E-state index contributed by atoms with van der Waals surface area (Å²) >= 11 is 0. The molecule has 156 valence electrons. The van der Waals surface area contributed by atoms with Crippen LogP contribution in [0.4, 0.5) is 10.1 Å². The summed E-state index contributed by atoms with van der Waals surface area (Å²) in [6.45, 7) is 1.86. The second-order valence-electron chi connectivity index (χ2n) is 6.70. The Morgan fingerprint density at radius 2 is 1.52 bits per heavy atom. The fourth-order valence-electron chi connectivity index (χ4n) is 3.13. The number of rotatable bonds is 6. The van der Waals surface area contributed by atoms with Gasteiger partial charge in [-0.1, -0.05) is 18.2 Å². The van der Waals surface area contributed by atoms with Gasteiger partial charge in [-0.15, -0.1) is 12.4 Å². The minimum absolute atomic E-state index is 0. The third kappa shape index (κ3) is 6.35. The van der Waals surface area contributed by atoms with E-state index < -0.39 is 0 Å². The molecule has 1 saturated heterocycles. The maximum atomic E-state index is 12.9. The first-order chi connectivity index (χ1) is 13.5. The molecular weight excluding hydrogens is 397 g/mol. The van der Waals surface area contributed by atoms with E-state index in [9.17, 15) is 14.0 Å². The number of halogens is 2. The van der Waals surface area contributed by atoms with E-state index in [2.05, 4.69) is 0 Å². The molecule has 2 aromatic carbocycles. The predicted molar refractivity (Wildman–Crippen MR) is 111 cm³/mol. The molecule has 29 heavy (non-hydrogen) atoms. The van der Waals surface area contributed by atoms with E-state index in [0.29, 0.717) is 50.5 Å². The minimum atomic E-state index is -0.352. The lowest BCUT2D eigenvalue weighted by Crippen LogP contribution is -2.51. The number of amides is 2. The Morgan fingerprint density at radius 3 is 2.14 bits per heavy atom. The number of carbonyl (C=O) groups is 2. The van der Waals surface area contributed by atoms with Gasteiger partial charge in [-0.3, -0.25) is 9.59 Å². The standard InChI is InChI=1S/C21H24FN3O3.ClH/c22-17-6-8-18(9-7-17)28-15-21(27)25-13-11-24(12-14-25)20(26)10-5-16-3-1-2-4-19(16)23;/h1-4,6-9H,5,10-15,23H2;1H. The van der Waals surface area contributed by atoms with Crippen molar-refractivity contribution in [2.24, 2.45) is 0 Å². The number of ether oxygens (including phenoxy) is 1. The third-order valence-electron chi connectivity index (χ3n) is 4.82. The number of anilines is 1. The number of benzene rings is 2. The van der Waals surface area contributed by atoms with Gasteiger partial charge < -0.3 is 20.3 Å². The molecule has 1 aliphatic heterocycles. The number of para-hydroxylation sites is 1. The van der Waals surface area contributed by atoms with Crippen molar-refractivity contribution in [1.82, 2.24) is 9.80 Å². The lowest BCUT2D eigenvalue weighted by molar-refractivity contribution is -0.140. The summed E-state index contributed by atoms with van der Waals surface area (Å²) in [6.07, 6.45) is 1.01. The van der Waals surface area contributed by atoms with Crippen LogP contribution in [-0.2, 0) is 16.0 Å². The maximum Gasteiger partial charge on any atom is 0.260 e. The second-order valence-corrected chi connectivity index (χ2v) is 6.70. The zero-order valence-corrected chi connectivity index (χ0v) is 16.9. The normalized spacial score (nSPS) is 13.6. The van der Waals surface area contributed by atoms with E-state index >= 15 is 0 Å².